The molecule has 0 amide bonds. The second kappa shape index (κ2) is 10.4. The molecule has 4 aliphatic carbocycles. The van der Waals surface area contributed by atoms with Crippen LogP contribution in [0.2, 0.25) is 0 Å². The van der Waals surface area contributed by atoms with E-state index in [0.717, 1.165) is 57.3 Å². The summed E-state index contributed by atoms with van der Waals surface area (Å²) in [5, 5.41) is 15.0. The molecule has 6 rings (SSSR count). The average molecular weight is 532 g/mol. The van der Waals surface area contributed by atoms with E-state index in [0.29, 0.717) is 30.3 Å². The van der Waals surface area contributed by atoms with Crippen molar-refractivity contribution >= 4 is 6.21 Å². The Bertz CT molecular complexity index is 1180. The molecule has 1 heterocycles. The van der Waals surface area contributed by atoms with Crippen LogP contribution in [0.5, 0.6) is 0 Å². The molecule has 4 fully saturated rings. The minimum atomic E-state index is -0.398. The van der Waals surface area contributed by atoms with Crippen LogP contribution in [0.1, 0.15) is 96.1 Å². The van der Waals surface area contributed by atoms with Gasteiger partial charge in [-0.2, -0.15) is 0 Å². The Labute approximate surface area is 234 Å². The van der Waals surface area contributed by atoms with Gasteiger partial charge in [-0.3, -0.25) is 0 Å². The summed E-state index contributed by atoms with van der Waals surface area (Å²) < 4.78 is 13.0. The molecular formula is C34H45NO4. The fourth-order valence-electron chi connectivity index (χ4n) is 8.55. The predicted octanol–water partition coefficient (Wildman–Crippen LogP) is 6.60. The Morgan fingerprint density at radius 3 is 2.56 bits per heavy atom. The molecule has 6 unspecified atom stereocenters. The van der Waals surface area contributed by atoms with Crippen LogP contribution in [0.15, 0.2) is 40.6 Å². The highest BCUT2D eigenvalue weighted by Gasteiger charge is 2.57. The van der Waals surface area contributed by atoms with Crippen molar-refractivity contribution in [2.75, 3.05) is 19.8 Å². The van der Waals surface area contributed by atoms with Crippen LogP contribution >= 0.6 is 0 Å². The Morgan fingerprint density at radius 1 is 1.05 bits per heavy atom. The minimum Gasteiger partial charge on any atom is -0.396 e. The summed E-state index contributed by atoms with van der Waals surface area (Å²) in [6.45, 7) is 10.8. The van der Waals surface area contributed by atoms with Gasteiger partial charge in [-0.1, -0.05) is 55.1 Å². The van der Waals surface area contributed by atoms with E-state index >= 15 is 0 Å². The van der Waals surface area contributed by atoms with E-state index in [2.05, 4.69) is 62.0 Å². The van der Waals surface area contributed by atoms with Crippen LogP contribution in [-0.4, -0.2) is 43.0 Å². The number of ether oxygens (including phenoxy) is 2. The topological polar surface area (TPSA) is 60.3 Å². The van der Waals surface area contributed by atoms with Crippen LogP contribution in [0.3, 0.4) is 0 Å². The predicted molar refractivity (Wildman–Crippen MR) is 153 cm³/mol. The van der Waals surface area contributed by atoms with Gasteiger partial charge in [0.15, 0.2) is 5.79 Å². The van der Waals surface area contributed by atoms with Crippen LogP contribution in [0.4, 0.5) is 0 Å². The maximum atomic E-state index is 11.2. The zero-order valence-electron chi connectivity index (χ0n) is 24.2. The van der Waals surface area contributed by atoms with Gasteiger partial charge in [0, 0.05) is 29.7 Å². The van der Waals surface area contributed by atoms with Crippen LogP contribution in [-0.2, 0) is 14.3 Å². The van der Waals surface area contributed by atoms with E-state index in [9.17, 15) is 5.11 Å². The smallest absolute Gasteiger partial charge is 0.169 e. The average Bonchev–Trinajstić information content (AvgIpc) is 3.24. The highest BCUT2D eigenvalue weighted by Crippen LogP contribution is 2.64. The lowest BCUT2D eigenvalue weighted by molar-refractivity contribution is -0.312. The largest absolute Gasteiger partial charge is 0.396 e. The molecule has 1 aromatic carbocycles. The Morgan fingerprint density at radius 2 is 1.82 bits per heavy atom. The second-order valence-corrected chi connectivity index (χ2v) is 13.7. The standard InChI is InChI=1S/C34H45NO4/c1-5-39-35-18-6-7-23-8-10-24(11-9-23)28-20-33(4)29(14-15-30(33)36)27-13-12-25-19-34(17-16-26(25)31(27)28)37-21-32(2,3)22-38-34/h8-11,18,25,27-30,36H,5,12-17,19-22H2,1-4H3/b35-18+. The summed E-state index contributed by atoms with van der Waals surface area (Å²) in [6.07, 6.45) is 9.88. The molecule has 3 saturated carbocycles. The molecule has 1 aromatic rings. The first kappa shape index (κ1) is 27.1. The molecule has 0 aromatic heterocycles. The number of fused-ring (bicyclic) bond motifs is 4. The van der Waals surface area contributed by atoms with Crippen molar-refractivity contribution in [3.05, 3.63) is 46.5 Å². The van der Waals surface area contributed by atoms with E-state index in [1.807, 2.05) is 6.92 Å². The first-order valence-electron chi connectivity index (χ1n) is 15.2. The number of oxime groups is 1. The van der Waals surface area contributed by atoms with Gasteiger partial charge in [0.2, 0.25) is 0 Å². The van der Waals surface area contributed by atoms with E-state index in [-0.39, 0.29) is 16.9 Å². The normalized spacial score (nSPS) is 36.6. The van der Waals surface area contributed by atoms with Crippen molar-refractivity contribution in [3.63, 3.8) is 0 Å². The molecule has 1 N–H and O–H groups in total. The van der Waals surface area contributed by atoms with Gasteiger partial charge in [-0.25, -0.2) is 0 Å². The van der Waals surface area contributed by atoms with E-state index < -0.39 is 5.79 Å². The lowest BCUT2D eigenvalue weighted by Crippen LogP contribution is -2.52. The molecule has 0 bridgehead atoms. The summed E-state index contributed by atoms with van der Waals surface area (Å²) in [7, 11) is 0. The molecule has 5 nitrogen and oxygen atoms in total. The molecule has 1 saturated heterocycles. The van der Waals surface area contributed by atoms with Crippen LogP contribution < -0.4 is 0 Å². The third-order valence-electron chi connectivity index (χ3n) is 10.6. The zero-order chi connectivity index (χ0) is 27.3. The number of rotatable bonds is 3. The molecule has 1 aliphatic heterocycles. The van der Waals surface area contributed by atoms with Crippen molar-refractivity contribution in [3.8, 4) is 11.8 Å². The highest BCUT2D eigenvalue weighted by molar-refractivity contribution is 5.78. The first-order valence-corrected chi connectivity index (χ1v) is 15.2. The molecule has 0 radical (unpaired) electrons. The minimum absolute atomic E-state index is 0.0164. The fourth-order valence-corrected chi connectivity index (χ4v) is 8.55. The van der Waals surface area contributed by atoms with Gasteiger partial charge in [-0.15, -0.1) is 0 Å². The van der Waals surface area contributed by atoms with Crippen molar-refractivity contribution in [2.24, 2.45) is 33.7 Å². The van der Waals surface area contributed by atoms with Crippen LogP contribution in [0, 0.1) is 40.4 Å². The number of allylic oxidation sites excluding steroid dienone is 2. The van der Waals surface area contributed by atoms with Gasteiger partial charge >= 0.3 is 0 Å². The van der Waals surface area contributed by atoms with E-state index in [1.54, 1.807) is 11.1 Å². The number of benzene rings is 1. The van der Waals surface area contributed by atoms with Gasteiger partial charge < -0.3 is 19.4 Å². The number of aliphatic hydroxyl groups is 1. The van der Waals surface area contributed by atoms with E-state index in [1.165, 1.54) is 24.6 Å². The number of nitrogens with zero attached hydrogens (tertiary/aromatic N) is 1. The van der Waals surface area contributed by atoms with Crippen molar-refractivity contribution in [2.45, 2.75) is 96.9 Å². The molecule has 1 spiro atoms. The zero-order valence-corrected chi connectivity index (χ0v) is 24.2. The maximum Gasteiger partial charge on any atom is 0.169 e. The quantitative estimate of drug-likeness (QED) is 0.207. The van der Waals surface area contributed by atoms with Crippen molar-refractivity contribution in [1.82, 2.24) is 0 Å². The summed E-state index contributed by atoms with van der Waals surface area (Å²) in [4.78, 5) is 4.99. The molecule has 210 valence electrons. The van der Waals surface area contributed by atoms with Crippen molar-refractivity contribution in [1.29, 1.82) is 0 Å². The Kier molecular flexibility index (Phi) is 7.19. The third-order valence-corrected chi connectivity index (χ3v) is 10.6. The SMILES string of the molecule is CCO/N=C/C#Cc1ccc(C2CC3(C)C(O)CCC3C3CCC4CC5(CCC4=C23)OCC(C)(C)CO5)cc1. The monoisotopic (exact) mass is 531 g/mol. The van der Waals surface area contributed by atoms with Gasteiger partial charge in [-0.05, 0) is 92.2 Å². The van der Waals surface area contributed by atoms with Crippen LogP contribution in [0.25, 0.3) is 0 Å². The lowest BCUT2D eigenvalue weighted by Gasteiger charge is -2.55. The first-order chi connectivity index (χ1) is 18.7. The molecular weight excluding hydrogens is 486 g/mol. The maximum absolute atomic E-state index is 11.2. The molecule has 6 atom stereocenters. The summed E-state index contributed by atoms with van der Waals surface area (Å²) in [5.74, 6) is 7.78. The van der Waals surface area contributed by atoms with Crippen molar-refractivity contribution < 1.29 is 19.4 Å². The third kappa shape index (κ3) is 4.98. The second-order valence-electron chi connectivity index (χ2n) is 13.7. The lowest BCUT2D eigenvalue weighted by atomic mass is 9.52. The molecule has 5 heteroatoms. The highest BCUT2D eigenvalue weighted by atomic mass is 16.7. The number of hydrogen-bond donors (Lipinski definition) is 1. The summed E-state index contributed by atoms with van der Waals surface area (Å²) in [5.41, 5.74) is 5.82. The van der Waals surface area contributed by atoms with Gasteiger partial charge in [0.25, 0.3) is 0 Å². The molecule has 39 heavy (non-hydrogen) atoms. The summed E-state index contributed by atoms with van der Waals surface area (Å²) in [6, 6.07) is 8.82. The number of aliphatic hydroxyl groups excluding tert-OH is 1. The summed E-state index contributed by atoms with van der Waals surface area (Å²) >= 11 is 0. The van der Waals surface area contributed by atoms with E-state index in [4.69, 9.17) is 14.3 Å². The number of hydrogen-bond acceptors (Lipinski definition) is 5. The molecule has 5 aliphatic rings. The van der Waals surface area contributed by atoms with Gasteiger partial charge in [0.1, 0.15) is 12.8 Å². The Hall–Kier alpha value is -2.13. The Balaban J connectivity index is 1.31. The fraction of sp³-hybridized carbons (Fsp3) is 0.676. The van der Waals surface area contributed by atoms with Gasteiger partial charge in [0.05, 0.1) is 19.3 Å².